The minimum absolute atomic E-state index is 0.256. The van der Waals surface area contributed by atoms with E-state index in [1.165, 1.54) is 5.43 Å². The largest absolute Gasteiger partial charge is 0.378 e. The van der Waals surface area contributed by atoms with Crippen LogP contribution in [0, 0.1) is 5.82 Å². The number of benzene rings is 1. The molecule has 3 N–H and O–H groups in total. The van der Waals surface area contributed by atoms with Crippen LogP contribution in [0.5, 0.6) is 0 Å². The Labute approximate surface area is 211 Å². The number of rotatable bonds is 7. The first-order valence-electron chi connectivity index (χ1n) is 11.2. The molecule has 0 bridgehead atoms. The fourth-order valence-corrected chi connectivity index (χ4v) is 3.75. The summed E-state index contributed by atoms with van der Waals surface area (Å²) >= 11 is 6.45. The van der Waals surface area contributed by atoms with Gasteiger partial charge in [-0.15, -0.1) is 0 Å². The van der Waals surface area contributed by atoms with Crippen LogP contribution < -0.4 is 15.6 Å². The van der Waals surface area contributed by atoms with Gasteiger partial charge in [0.25, 0.3) is 0 Å². The average Bonchev–Trinajstić information content (AvgIpc) is 2.93. The third-order valence-electron chi connectivity index (χ3n) is 5.31. The van der Waals surface area contributed by atoms with Crippen LogP contribution in [0.15, 0.2) is 66.3 Å². The molecule has 0 radical (unpaired) electrons. The lowest BCUT2D eigenvalue weighted by Gasteiger charge is -2.27. The normalized spacial score (nSPS) is 13.8. The van der Waals surface area contributed by atoms with E-state index in [4.69, 9.17) is 16.3 Å². The van der Waals surface area contributed by atoms with Gasteiger partial charge in [-0.1, -0.05) is 16.7 Å². The van der Waals surface area contributed by atoms with Gasteiger partial charge in [-0.25, -0.2) is 14.4 Å². The second kappa shape index (κ2) is 11.1. The van der Waals surface area contributed by atoms with Crippen molar-refractivity contribution < 1.29 is 14.6 Å². The number of pyridine rings is 1. The van der Waals surface area contributed by atoms with Crippen molar-refractivity contribution in [2.75, 3.05) is 36.5 Å². The van der Waals surface area contributed by atoms with Gasteiger partial charge >= 0.3 is 5.95 Å². The fourth-order valence-electron chi connectivity index (χ4n) is 3.53. The highest BCUT2D eigenvalue weighted by Crippen LogP contribution is 2.29. The number of anilines is 3. The molecule has 10 nitrogen and oxygen atoms in total. The third-order valence-corrected chi connectivity index (χ3v) is 5.62. The Kier molecular flexibility index (Phi) is 7.31. The van der Waals surface area contributed by atoms with Crippen molar-refractivity contribution in [3.8, 4) is 11.4 Å². The molecule has 1 saturated heterocycles. The zero-order valence-electron chi connectivity index (χ0n) is 19.1. The maximum absolute atomic E-state index is 14.2. The first kappa shape index (κ1) is 23.7. The van der Waals surface area contributed by atoms with Crippen LogP contribution >= 0.6 is 11.6 Å². The summed E-state index contributed by atoms with van der Waals surface area (Å²) in [5, 5.41) is 8.02. The predicted octanol–water partition coefficient (Wildman–Crippen LogP) is 2.93. The van der Waals surface area contributed by atoms with Crippen LogP contribution in [-0.4, -0.2) is 57.4 Å². The molecule has 4 aromatic rings. The molecule has 0 atom stereocenters. The highest BCUT2D eigenvalue weighted by molar-refractivity contribution is 6.33. The Morgan fingerprint density at radius 3 is 2.64 bits per heavy atom. The maximum atomic E-state index is 14.2. The summed E-state index contributed by atoms with van der Waals surface area (Å²) in [5.74, 6) is 0.708. The van der Waals surface area contributed by atoms with Crippen LogP contribution in [0.25, 0.3) is 11.4 Å². The smallest absolute Gasteiger partial charge is 0.354 e. The second-order valence-corrected chi connectivity index (χ2v) is 8.18. The summed E-state index contributed by atoms with van der Waals surface area (Å²) in [6.45, 7) is 2.24. The van der Waals surface area contributed by atoms with Crippen molar-refractivity contribution in [1.82, 2.24) is 24.9 Å². The Hall–Kier alpha value is -4.06. The van der Waals surface area contributed by atoms with Gasteiger partial charge in [0.05, 0.1) is 47.7 Å². The topological polar surface area (TPSA) is 118 Å². The monoisotopic (exact) mass is 506 g/mol. The first-order chi connectivity index (χ1) is 17.7. The molecule has 0 aliphatic carbocycles. The van der Waals surface area contributed by atoms with Crippen LogP contribution in [0.1, 0.15) is 5.69 Å². The van der Waals surface area contributed by atoms with E-state index < -0.39 is 5.82 Å². The zero-order chi connectivity index (χ0) is 24.7. The van der Waals surface area contributed by atoms with E-state index >= 15 is 0 Å². The average molecular weight is 507 g/mol. The summed E-state index contributed by atoms with van der Waals surface area (Å²) in [6, 6.07) is 11.0. The van der Waals surface area contributed by atoms with Gasteiger partial charge in [-0.2, -0.15) is 15.4 Å². The van der Waals surface area contributed by atoms with Gasteiger partial charge in [0.2, 0.25) is 0 Å². The molecule has 1 aliphatic rings. The molecule has 1 fully saturated rings. The number of nitrogens with one attached hydrogen (secondary N) is 1. The van der Waals surface area contributed by atoms with Crippen LogP contribution in [0.2, 0.25) is 5.02 Å². The molecular formula is C24H22ClFN9O+. The summed E-state index contributed by atoms with van der Waals surface area (Å²) in [5.41, 5.74) is 4.43. The lowest BCUT2D eigenvalue weighted by Crippen LogP contribution is -2.72. The Morgan fingerprint density at radius 1 is 1.06 bits per heavy atom. The number of morpholine rings is 1. The van der Waals surface area contributed by atoms with E-state index in [2.05, 4.69) is 35.3 Å². The Morgan fingerprint density at radius 2 is 1.89 bits per heavy atom. The SMILES string of the molecule is Fc1cnc([NH2+]/N=C/c2ccc(Nc3ccc(-c4ncccn4)cc3Cl)cn2)nc1N1CCOCC1. The van der Waals surface area contributed by atoms with Crippen molar-refractivity contribution in [2.24, 2.45) is 5.10 Å². The third kappa shape index (κ3) is 5.77. The number of ether oxygens (including phenoxy) is 1. The van der Waals surface area contributed by atoms with Gasteiger partial charge in [-0.3, -0.25) is 4.98 Å². The number of aromatic nitrogens is 5. The number of quaternary nitrogens is 1. The van der Waals surface area contributed by atoms with E-state index in [0.717, 1.165) is 23.1 Å². The molecule has 182 valence electrons. The highest BCUT2D eigenvalue weighted by atomic mass is 35.5. The van der Waals surface area contributed by atoms with Crippen molar-refractivity contribution in [3.63, 3.8) is 0 Å². The van der Waals surface area contributed by atoms with Gasteiger partial charge in [0.1, 0.15) is 6.21 Å². The molecule has 3 aromatic heterocycles. The quantitative estimate of drug-likeness (QED) is 0.223. The summed E-state index contributed by atoms with van der Waals surface area (Å²) < 4.78 is 19.5. The highest BCUT2D eigenvalue weighted by Gasteiger charge is 2.19. The molecule has 0 unspecified atom stereocenters. The van der Waals surface area contributed by atoms with Gasteiger partial charge in [0, 0.05) is 31.0 Å². The standard InChI is InChI=1S/C24H21ClFN9O/c25-19-12-16(22-27-6-1-7-28-22)2-5-21(19)32-18-4-3-17(29-13-18)14-31-34-24-30-15-20(26)23(33-24)35-8-10-36-11-9-35/h1-7,12-15,32H,8-11H2,(H,30,33,34)/p+1/b31-14+. The molecule has 5 rings (SSSR count). The summed E-state index contributed by atoms with van der Waals surface area (Å²) in [7, 11) is 0. The Balaban J connectivity index is 1.20. The van der Waals surface area contributed by atoms with E-state index in [9.17, 15) is 4.39 Å². The molecular weight excluding hydrogens is 485 g/mol. The van der Waals surface area contributed by atoms with Gasteiger partial charge in [-0.05, 0) is 36.4 Å². The first-order valence-corrected chi connectivity index (χ1v) is 11.6. The maximum Gasteiger partial charge on any atom is 0.354 e. The molecule has 0 spiro atoms. The molecule has 0 saturated carbocycles. The van der Waals surface area contributed by atoms with Crippen LogP contribution in [0.3, 0.4) is 0 Å². The van der Waals surface area contributed by atoms with Crippen molar-refractivity contribution in [3.05, 3.63) is 77.7 Å². The number of nitrogens with two attached hydrogens (primary N) is 1. The van der Waals surface area contributed by atoms with Gasteiger partial charge < -0.3 is 15.0 Å². The fraction of sp³-hybridized carbons (Fsp3) is 0.167. The van der Waals surface area contributed by atoms with Crippen LogP contribution in [-0.2, 0) is 4.74 Å². The van der Waals surface area contributed by atoms with Crippen molar-refractivity contribution in [1.29, 1.82) is 0 Å². The van der Waals surface area contributed by atoms with E-state index in [1.807, 2.05) is 35.2 Å². The van der Waals surface area contributed by atoms with Crippen molar-refractivity contribution >= 4 is 41.0 Å². The number of hydrogen-bond donors (Lipinski definition) is 2. The van der Waals surface area contributed by atoms with E-state index in [1.54, 1.807) is 30.9 Å². The number of hydrogen-bond acceptors (Lipinski definition) is 9. The van der Waals surface area contributed by atoms with E-state index in [0.29, 0.717) is 48.8 Å². The van der Waals surface area contributed by atoms with Crippen LogP contribution in [0.4, 0.5) is 27.5 Å². The number of halogens is 2. The molecule has 12 heteroatoms. The second-order valence-electron chi connectivity index (χ2n) is 7.77. The summed E-state index contributed by atoms with van der Waals surface area (Å²) in [6.07, 6.45) is 7.78. The minimum atomic E-state index is -0.467. The molecule has 4 heterocycles. The van der Waals surface area contributed by atoms with E-state index in [-0.39, 0.29) is 5.82 Å². The molecule has 1 aliphatic heterocycles. The molecule has 36 heavy (non-hydrogen) atoms. The zero-order valence-corrected chi connectivity index (χ0v) is 19.8. The summed E-state index contributed by atoms with van der Waals surface area (Å²) in [4.78, 5) is 23.0. The predicted molar refractivity (Wildman–Crippen MR) is 134 cm³/mol. The minimum Gasteiger partial charge on any atom is -0.378 e. The lowest BCUT2D eigenvalue weighted by atomic mass is 10.2. The molecule has 1 aromatic carbocycles. The molecule has 0 amide bonds. The van der Waals surface area contributed by atoms with Gasteiger partial charge in [0.15, 0.2) is 17.5 Å². The van der Waals surface area contributed by atoms with Crippen molar-refractivity contribution in [2.45, 2.75) is 0 Å². The Bertz CT molecular complexity index is 1350. The lowest BCUT2D eigenvalue weighted by molar-refractivity contribution is -0.584. The number of nitrogens with zero attached hydrogens (tertiary/aromatic N) is 7.